The van der Waals surface area contributed by atoms with Crippen LogP contribution in [0.2, 0.25) is 0 Å². The highest BCUT2D eigenvalue weighted by atomic mass is 16.5. The summed E-state index contributed by atoms with van der Waals surface area (Å²) in [5.74, 6) is 2.36. The molecule has 1 fully saturated rings. The van der Waals surface area contributed by atoms with E-state index in [1.54, 1.807) is 6.33 Å². The average molecular weight is 291 g/mol. The first kappa shape index (κ1) is 16.1. The second kappa shape index (κ2) is 7.10. The molecule has 2 rings (SSSR count). The molecule has 0 aliphatic heterocycles. The molecule has 1 aromatic rings. The molecule has 1 heterocycles. The van der Waals surface area contributed by atoms with Crippen LogP contribution in [-0.4, -0.2) is 23.1 Å². The predicted octanol–water partition coefficient (Wildman–Crippen LogP) is 4.20. The Morgan fingerprint density at radius 3 is 2.62 bits per heavy atom. The number of hydrogen-bond donors (Lipinski definition) is 1. The van der Waals surface area contributed by atoms with Crippen molar-refractivity contribution in [2.24, 2.45) is 11.3 Å². The number of hydrogen-bond acceptors (Lipinski definition) is 4. The summed E-state index contributed by atoms with van der Waals surface area (Å²) >= 11 is 0. The smallest absolute Gasteiger partial charge is 0.221 e. The van der Waals surface area contributed by atoms with E-state index in [-0.39, 0.29) is 0 Å². The molecular weight excluding hydrogens is 262 g/mol. The number of rotatable bonds is 7. The van der Waals surface area contributed by atoms with Gasteiger partial charge in [0.2, 0.25) is 5.88 Å². The third-order valence-corrected chi connectivity index (χ3v) is 4.46. The lowest BCUT2D eigenvalue weighted by Crippen LogP contribution is -2.29. The Hall–Kier alpha value is -1.32. The maximum Gasteiger partial charge on any atom is 0.221 e. The van der Waals surface area contributed by atoms with E-state index in [9.17, 15) is 0 Å². The van der Waals surface area contributed by atoms with Gasteiger partial charge in [-0.2, -0.15) is 0 Å². The molecule has 1 aliphatic carbocycles. The van der Waals surface area contributed by atoms with Gasteiger partial charge in [-0.25, -0.2) is 9.97 Å². The Kier molecular flexibility index (Phi) is 5.43. The van der Waals surface area contributed by atoms with Crippen molar-refractivity contribution >= 4 is 5.82 Å². The van der Waals surface area contributed by atoms with Crippen molar-refractivity contribution in [3.63, 3.8) is 0 Å². The minimum atomic E-state index is 0.442. The van der Waals surface area contributed by atoms with Crippen LogP contribution in [0.1, 0.15) is 58.4 Å². The molecule has 118 valence electrons. The molecule has 0 atom stereocenters. The molecule has 21 heavy (non-hydrogen) atoms. The van der Waals surface area contributed by atoms with E-state index in [0.29, 0.717) is 17.9 Å². The third kappa shape index (κ3) is 4.08. The monoisotopic (exact) mass is 291 g/mol. The average Bonchev–Trinajstić information content (AvgIpc) is 2.88. The first-order valence-electron chi connectivity index (χ1n) is 8.24. The lowest BCUT2D eigenvalue weighted by atomic mass is 9.78. The van der Waals surface area contributed by atoms with Gasteiger partial charge >= 0.3 is 0 Å². The standard InChI is InChI=1S/C17H29N3O/c1-5-21-16-14(4)15(19-12-20-16)18-11-17(10-13(2)3)8-6-7-9-17/h12-13H,5-11H2,1-4H3,(H,18,19,20). The maximum atomic E-state index is 5.55. The molecular formula is C17H29N3O. The Balaban J connectivity index is 2.05. The van der Waals surface area contributed by atoms with Crippen molar-refractivity contribution in [1.82, 2.24) is 9.97 Å². The minimum Gasteiger partial charge on any atom is -0.478 e. The van der Waals surface area contributed by atoms with Crippen LogP contribution in [0.4, 0.5) is 5.82 Å². The molecule has 0 spiro atoms. The molecule has 0 unspecified atom stereocenters. The molecule has 1 saturated carbocycles. The first-order chi connectivity index (χ1) is 10.1. The minimum absolute atomic E-state index is 0.442. The summed E-state index contributed by atoms with van der Waals surface area (Å²) in [6.07, 6.45) is 8.27. The summed E-state index contributed by atoms with van der Waals surface area (Å²) in [4.78, 5) is 8.59. The lowest BCUT2D eigenvalue weighted by molar-refractivity contribution is 0.252. The number of anilines is 1. The SMILES string of the molecule is CCOc1ncnc(NCC2(CC(C)C)CCCC2)c1C. The second-order valence-corrected chi connectivity index (χ2v) is 6.74. The normalized spacial score (nSPS) is 17.2. The molecule has 1 aromatic heterocycles. The van der Waals surface area contributed by atoms with Gasteiger partial charge in [0.25, 0.3) is 0 Å². The van der Waals surface area contributed by atoms with Gasteiger partial charge in [-0.3, -0.25) is 0 Å². The summed E-state index contributed by atoms with van der Waals surface area (Å²) in [6, 6.07) is 0. The summed E-state index contributed by atoms with van der Waals surface area (Å²) < 4.78 is 5.55. The van der Waals surface area contributed by atoms with Crippen LogP contribution < -0.4 is 10.1 Å². The van der Waals surface area contributed by atoms with E-state index in [1.165, 1.54) is 32.1 Å². The van der Waals surface area contributed by atoms with Gasteiger partial charge in [0, 0.05) is 6.54 Å². The van der Waals surface area contributed by atoms with Crippen LogP contribution in [0.5, 0.6) is 5.88 Å². The molecule has 0 aromatic carbocycles. The molecule has 0 saturated heterocycles. The summed E-state index contributed by atoms with van der Waals surface area (Å²) in [5.41, 5.74) is 1.45. The topological polar surface area (TPSA) is 47.0 Å². The Morgan fingerprint density at radius 1 is 1.29 bits per heavy atom. The van der Waals surface area contributed by atoms with Crippen molar-refractivity contribution in [1.29, 1.82) is 0 Å². The fourth-order valence-electron chi connectivity index (χ4n) is 3.61. The molecule has 4 heteroatoms. The molecule has 1 aliphatic rings. The third-order valence-electron chi connectivity index (χ3n) is 4.46. The van der Waals surface area contributed by atoms with Crippen LogP contribution in [0, 0.1) is 18.3 Å². The molecule has 0 radical (unpaired) electrons. The number of ether oxygens (including phenoxy) is 1. The zero-order valence-electron chi connectivity index (χ0n) is 13.9. The Labute approximate surface area is 128 Å². The largest absolute Gasteiger partial charge is 0.478 e. The highest BCUT2D eigenvalue weighted by molar-refractivity contribution is 5.47. The van der Waals surface area contributed by atoms with E-state index in [0.717, 1.165) is 23.8 Å². The van der Waals surface area contributed by atoms with Crippen molar-refractivity contribution in [2.75, 3.05) is 18.5 Å². The van der Waals surface area contributed by atoms with E-state index in [4.69, 9.17) is 4.74 Å². The van der Waals surface area contributed by atoms with Gasteiger partial charge in [-0.1, -0.05) is 26.7 Å². The highest BCUT2D eigenvalue weighted by Crippen LogP contribution is 2.43. The molecule has 4 nitrogen and oxygen atoms in total. The van der Waals surface area contributed by atoms with E-state index in [1.807, 2.05) is 13.8 Å². The van der Waals surface area contributed by atoms with Gasteiger partial charge in [0.05, 0.1) is 12.2 Å². The Bertz CT molecular complexity index is 453. The zero-order valence-corrected chi connectivity index (χ0v) is 13.9. The summed E-state index contributed by atoms with van der Waals surface area (Å²) in [7, 11) is 0. The van der Waals surface area contributed by atoms with E-state index < -0.39 is 0 Å². The van der Waals surface area contributed by atoms with Gasteiger partial charge in [0.15, 0.2) is 0 Å². The molecule has 1 N–H and O–H groups in total. The predicted molar refractivity (Wildman–Crippen MR) is 86.8 cm³/mol. The van der Waals surface area contributed by atoms with Crippen molar-refractivity contribution in [3.05, 3.63) is 11.9 Å². The summed E-state index contributed by atoms with van der Waals surface area (Å²) in [6.45, 7) is 10.3. The summed E-state index contributed by atoms with van der Waals surface area (Å²) in [5, 5.41) is 3.57. The number of nitrogens with one attached hydrogen (secondary N) is 1. The maximum absolute atomic E-state index is 5.55. The fraction of sp³-hybridized carbons (Fsp3) is 0.765. The Morgan fingerprint density at radius 2 is 2.00 bits per heavy atom. The van der Waals surface area contributed by atoms with Crippen molar-refractivity contribution in [2.45, 2.75) is 59.8 Å². The first-order valence-corrected chi connectivity index (χ1v) is 8.24. The van der Waals surface area contributed by atoms with Crippen LogP contribution in [-0.2, 0) is 0 Å². The van der Waals surface area contributed by atoms with Gasteiger partial charge in [0.1, 0.15) is 12.1 Å². The van der Waals surface area contributed by atoms with Crippen molar-refractivity contribution in [3.8, 4) is 5.88 Å². The lowest BCUT2D eigenvalue weighted by Gasteiger charge is -2.31. The number of nitrogens with zero attached hydrogens (tertiary/aromatic N) is 2. The van der Waals surface area contributed by atoms with Crippen LogP contribution >= 0.6 is 0 Å². The van der Waals surface area contributed by atoms with Crippen LogP contribution in [0.25, 0.3) is 0 Å². The number of aromatic nitrogens is 2. The van der Waals surface area contributed by atoms with Crippen LogP contribution in [0.15, 0.2) is 6.33 Å². The highest BCUT2D eigenvalue weighted by Gasteiger charge is 2.34. The van der Waals surface area contributed by atoms with Gasteiger partial charge in [-0.15, -0.1) is 0 Å². The van der Waals surface area contributed by atoms with E-state index in [2.05, 4.69) is 29.1 Å². The van der Waals surface area contributed by atoms with Gasteiger partial charge < -0.3 is 10.1 Å². The molecule has 0 bridgehead atoms. The molecule has 0 amide bonds. The van der Waals surface area contributed by atoms with Gasteiger partial charge in [-0.05, 0) is 44.4 Å². The fourth-order valence-corrected chi connectivity index (χ4v) is 3.61. The van der Waals surface area contributed by atoms with Crippen LogP contribution in [0.3, 0.4) is 0 Å². The quantitative estimate of drug-likeness (QED) is 0.817. The zero-order chi connectivity index (χ0) is 15.3. The van der Waals surface area contributed by atoms with E-state index >= 15 is 0 Å². The van der Waals surface area contributed by atoms with Crippen molar-refractivity contribution < 1.29 is 4.74 Å². The second-order valence-electron chi connectivity index (χ2n) is 6.74.